The molecular formula is C14H25IN4O. The largest absolute Gasteiger partial charge is 0.481 e. The monoisotopic (exact) mass is 392 g/mol. The minimum atomic E-state index is 0. The SMILES string of the molecule is CCCCN(C)C(=NC)NCc1cccc(OC)n1.I. The van der Waals surface area contributed by atoms with E-state index in [9.17, 15) is 0 Å². The fraction of sp³-hybridized carbons (Fsp3) is 0.571. The molecule has 0 bridgehead atoms. The van der Waals surface area contributed by atoms with Crippen molar-refractivity contribution < 1.29 is 4.74 Å². The van der Waals surface area contributed by atoms with Crippen molar-refractivity contribution in [1.82, 2.24) is 15.2 Å². The molecule has 1 aromatic heterocycles. The van der Waals surface area contributed by atoms with E-state index in [1.807, 2.05) is 25.2 Å². The lowest BCUT2D eigenvalue weighted by atomic mass is 10.3. The van der Waals surface area contributed by atoms with Gasteiger partial charge in [0.2, 0.25) is 5.88 Å². The number of hydrogen-bond acceptors (Lipinski definition) is 3. The van der Waals surface area contributed by atoms with Gasteiger partial charge in [-0.15, -0.1) is 24.0 Å². The molecule has 0 saturated heterocycles. The molecule has 0 radical (unpaired) electrons. The third-order valence-corrected chi connectivity index (χ3v) is 2.84. The Hall–Kier alpha value is -1.05. The molecule has 0 fully saturated rings. The first-order chi connectivity index (χ1) is 9.21. The first-order valence-corrected chi connectivity index (χ1v) is 6.63. The molecule has 5 nitrogen and oxygen atoms in total. The molecule has 1 N–H and O–H groups in total. The van der Waals surface area contributed by atoms with E-state index >= 15 is 0 Å². The van der Waals surface area contributed by atoms with Gasteiger partial charge in [0.15, 0.2) is 5.96 Å². The van der Waals surface area contributed by atoms with Crippen molar-refractivity contribution in [1.29, 1.82) is 0 Å². The number of nitrogens with zero attached hydrogens (tertiary/aromatic N) is 3. The highest BCUT2D eigenvalue weighted by molar-refractivity contribution is 14.0. The van der Waals surface area contributed by atoms with Gasteiger partial charge < -0.3 is 15.0 Å². The zero-order chi connectivity index (χ0) is 14.1. The summed E-state index contributed by atoms with van der Waals surface area (Å²) >= 11 is 0. The number of unbranched alkanes of at least 4 members (excludes halogenated alkanes) is 1. The van der Waals surface area contributed by atoms with Crippen LogP contribution in [0.4, 0.5) is 0 Å². The lowest BCUT2D eigenvalue weighted by Crippen LogP contribution is -2.39. The van der Waals surface area contributed by atoms with Crippen LogP contribution in [0.5, 0.6) is 5.88 Å². The molecule has 1 heterocycles. The summed E-state index contributed by atoms with van der Waals surface area (Å²) in [6.07, 6.45) is 2.34. The summed E-state index contributed by atoms with van der Waals surface area (Å²) in [5.74, 6) is 1.52. The summed E-state index contributed by atoms with van der Waals surface area (Å²) in [6, 6.07) is 5.74. The van der Waals surface area contributed by atoms with Crippen LogP contribution < -0.4 is 10.1 Å². The molecule has 0 spiro atoms. The molecule has 0 aromatic carbocycles. The van der Waals surface area contributed by atoms with E-state index in [2.05, 4.69) is 27.1 Å². The molecule has 0 aliphatic heterocycles. The first-order valence-electron chi connectivity index (χ1n) is 6.63. The lowest BCUT2D eigenvalue weighted by Gasteiger charge is -2.21. The number of methoxy groups -OCH3 is 1. The third kappa shape index (κ3) is 6.40. The van der Waals surface area contributed by atoms with Crippen LogP contribution in [-0.2, 0) is 6.54 Å². The van der Waals surface area contributed by atoms with E-state index in [4.69, 9.17) is 4.74 Å². The van der Waals surface area contributed by atoms with Crippen LogP contribution >= 0.6 is 24.0 Å². The van der Waals surface area contributed by atoms with E-state index in [1.54, 1.807) is 14.2 Å². The maximum atomic E-state index is 5.11. The Morgan fingerprint density at radius 2 is 2.20 bits per heavy atom. The molecule has 20 heavy (non-hydrogen) atoms. The Labute approximate surface area is 138 Å². The molecule has 0 amide bonds. The molecule has 1 aromatic rings. The average Bonchev–Trinajstić information content (AvgIpc) is 2.45. The molecule has 0 unspecified atom stereocenters. The number of aliphatic imine (C=N–C) groups is 1. The van der Waals surface area contributed by atoms with Gasteiger partial charge in [0.25, 0.3) is 0 Å². The number of ether oxygens (including phenoxy) is 1. The molecule has 1 rings (SSSR count). The van der Waals surface area contributed by atoms with Gasteiger partial charge in [-0.25, -0.2) is 4.98 Å². The summed E-state index contributed by atoms with van der Waals surface area (Å²) in [6.45, 7) is 3.83. The van der Waals surface area contributed by atoms with E-state index < -0.39 is 0 Å². The predicted octanol–water partition coefficient (Wildman–Crippen LogP) is 2.52. The van der Waals surface area contributed by atoms with Gasteiger partial charge in [-0.2, -0.15) is 0 Å². The van der Waals surface area contributed by atoms with E-state index in [0.29, 0.717) is 12.4 Å². The van der Waals surface area contributed by atoms with Crippen molar-refractivity contribution in [2.45, 2.75) is 26.3 Å². The van der Waals surface area contributed by atoms with Gasteiger partial charge >= 0.3 is 0 Å². The maximum absolute atomic E-state index is 5.11. The van der Waals surface area contributed by atoms with Crippen molar-refractivity contribution >= 4 is 29.9 Å². The standard InChI is InChI=1S/C14H24N4O.HI/c1-5-6-10-18(3)14(15-2)16-11-12-8-7-9-13(17-12)19-4;/h7-9H,5-6,10-11H2,1-4H3,(H,15,16);1H. The van der Waals surface area contributed by atoms with Gasteiger partial charge in [0.1, 0.15) is 0 Å². The lowest BCUT2D eigenvalue weighted by molar-refractivity contribution is 0.396. The second kappa shape index (κ2) is 10.7. The van der Waals surface area contributed by atoms with Gasteiger partial charge in [0.05, 0.1) is 19.3 Å². The van der Waals surface area contributed by atoms with Crippen LogP contribution in [0.15, 0.2) is 23.2 Å². The number of halogens is 1. The molecular weight excluding hydrogens is 367 g/mol. The highest BCUT2D eigenvalue weighted by Gasteiger charge is 2.05. The van der Waals surface area contributed by atoms with Crippen LogP contribution in [0.1, 0.15) is 25.5 Å². The summed E-state index contributed by atoms with van der Waals surface area (Å²) < 4.78 is 5.11. The molecule has 0 saturated carbocycles. The fourth-order valence-corrected chi connectivity index (χ4v) is 1.73. The van der Waals surface area contributed by atoms with Crippen LogP contribution in [0, 0.1) is 0 Å². The minimum absolute atomic E-state index is 0. The second-order valence-corrected chi connectivity index (χ2v) is 4.35. The van der Waals surface area contributed by atoms with Crippen LogP contribution in [-0.4, -0.2) is 43.6 Å². The van der Waals surface area contributed by atoms with Gasteiger partial charge in [-0.05, 0) is 12.5 Å². The van der Waals surface area contributed by atoms with Crippen molar-refractivity contribution in [2.75, 3.05) is 27.7 Å². The van der Waals surface area contributed by atoms with E-state index in [-0.39, 0.29) is 24.0 Å². The van der Waals surface area contributed by atoms with Crippen LogP contribution in [0.2, 0.25) is 0 Å². The summed E-state index contributed by atoms with van der Waals surface area (Å²) in [5, 5.41) is 3.30. The zero-order valence-corrected chi connectivity index (χ0v) is 15.0. The van der Waals surface area contributed by atoms with Gasteiger partial charge in [-0.3, -0.25) is 4.99 Å². The molecule has 0 atom stereocenters. The maximum Gasteiger partial charge on any atom is 0.213 e. The zero-order valence-electron chi connectivity index (χ0n) is 12.7. The predicted molar refractivity (Wildman–Crippen MR) is 93.9 cm³/mol. The molecule has 114 valence electrons. The number of pyridine rings is 1. The van der Waals surface area contributed by atoms with Crippen molar-refractivity contribution in [3.63, 3.8) is 0 Å². The smallest absolute Gasteiger partial charge is 0.213 e. The molecule has 0 aliphatic carbocycles. The summed E-state index contributed by atoms with van der Waals surface area (Å²) in [5.41, 5.74) is 0.935. The Balaban J connectivity index is 0.00000361. The van der Waals surface area contributed by atoms with Crippen LogP contribution in [0.3, 0.4) is 0 Å². The number of nitrogens with one attached hydrogen (secondary N) is 1. The van der Waals surface area contributed by atoms with Crippen LogP contribution in [0.25, 0.3) is 0 Å². The Morgan fingerprint density at radius 3 is 2.80 bits per heavy atom. The second-order valence-electron chi connectivity index (χ2n) is 4.35. The third-order valence-electron chi connectivity index (χ3n) is 2.84. The Kier molecular flexibility index (Phi) is 10.1. The Bertz CT molecular complexity index is 412. The van der Waals surface area contributed by atoms with E-state index in [1.165, 1.54) is 6.42 Å². The van der Waals surface area contributed by atoms with Gasteiger partial charge in [0, 0.05) is 26.7 Å². The average molecular weight is 392 g/mol. The topological polar surface area (TPSA) is 49.8 Å². The molecule has 0 aliphatic rings. The summed E-state index contributed by atoms with van der Waals surface area (Å²) in [4.78, 5) is 10.8. The number of rotatable bonds is 6. The number of hydrogen-bond donors (Lipinski definition) is 1. The quantitative estimate of drug-likeness (QED) is 0.459. The van der Waals surface area contributed by atoms with Gasteiger partial charge in [-0.1, -0.05) is 19.4 Å². The van der Waals surface area contributed by atoms with Crippen molar-refractivity contribution in [2.24, 2.45) is 4.99 Å². The highest BCUT2D eigenvalue weighted by atomic mass is 127. The number of guanidine groups is 1. The fourth-order valence-electron chi connectivity index (χ4n) is 1.73. The van der Waals surface area contributed by atoms with Crippen molar-refractivity contribution in [3.05, 3.63) is 23.9 Å². The first kappa shape index (κ1) is 18.9. The normalized spacial score (nSPS) is 10.7. The highest BCUT2D eigenvalue weighted by Crippen LogP contribution is 2.06. The number of aromatic nitrogens is 1. The Morgan fingerprint density at radius 1 is 1.45 bits per heavy atom. The van der Waals surface area contributed by atoms with E-state index in [0.717, 1.165) is 24.6 Å². The van der Waals surface area contributed by atoms with Crippen molar-refractivity contribution in [3.8, 4) is 5.88 Å². The minimum Gasteiger partial charge on any atom is -0.481 e. The summed E-state index contributed by atoms with van der Waals surface area (Å²) in [7, 11) is 5.46. The molecule has 6 heteroatoms.